The SMILES string of the molecule is CC(C)(C)OC(=O)N1C[C@H](CO)OC[C@@H]1Cc1ccc(Cl)cc1. The van der Waals surface area contributed by atoms with Crippen molar-refractivity contribution in [3.63, 3.8) is 0 Å². The molecule has 0 spiro atoms. The highest BCUT2D eigenvalue weighted by Crippen LogP contribution is 2.21. The molecule has 0 unspecified atom stereocenters. The fraction of sp³-hybridized carbons (Fsp3) is 0.588. The number of hydrogen-bond acceptors (Lipinski definition) is 4. The highest BCUT2D eigenvalue weighted by atomic mass is 35.5. The van der Waals surface area contributed by atoms with E-state index in [4.69, 9.17) is 21.1 Å². The lowest BCUT2D eigenvalue weighted by Crippen LogP contribution is -2.55. The number of ether oxygens (including phenoxy) is 2. The highest BCUT2D eigenvalue weighted by Gasteiger charge is 2.34. The molecule has 1 saturated heterocycles. The molecule has 5 nitrogen and oxygen atoms in total. The van der Waals surface area contributed by atoms with Crippen molar-refractivity contribution in [2.75, 3.05) is 19.8 Å². The molecule has 1 N–H and O–H groups in total. The zero-order valence-electron chi connectivity index (χ0n) is 13.8. The van der Waals surface area contributed by atoms with E-state index in [1.807, 2.05) is 45.0 Å². The van der Waals surface area contributed by atoms with Crippen LogP contribution in [0.4, 0.5) is 4.79 Å². The maximum atomic E-state index is 12.5. The molecular formula is C17H24ClNO4. The van der Waals surface area contributed by atoms with E-state index in [0.29, 0.717) is 24.6 Å². The molecule has 23 heavy (non-hydrogen) atoms. The van der Waals surface area contributed by atoms with Crippen LogP contribution in [0, 0.1) is 0 Å². The van der Waals surface area contributed by atoms with Gasteiger partial charge in [0.15, 0.2) is 0 Å². The molecule has 0 saturated carbocycles. The van der Waals surface area contributed by atoms with Gasteiger partial charge in [-0.2, -0.15) is 0 Å². The molecule has 1 aliphatic rings. The van der Waals surface area contributed by atoms with E-state index < -0.39 is 5.60 Å². The number of nitrogens with zero attached hydrogens (tertiary/aromatic N) is 1. The van der Waals surface area contributed by atoms with Crippen molar-refractivity contribution >= 4 is 17.7 Å². The molecule has 0 aliphatic carbocycles. The largest absolute Gasteiger partial charge is 0.444 e. The second kappa shape index (κ2) is 7.51. The number of amides is 1. The van der Waals surface area contributed by atoms with Crippen molar-refractivity contribution in [3.8, 4) is 0 Å². The Kier molecular flexibility index (Phi) is 5.89. The summed E-state index contributed by atoms with van der Waals surface area (Å²) in [5.41, 5.74) is 0.508. The summed E-state index contributed by atoms with van der Waals surface area (Å²) in [6, 6.07) is 7.40. The van der Waals surface area contributed by atoms with Crippen LogP contribution < -0.4 is 0 Å². The van der Waals surface area contributed by atoms with Gasteiger partial charge in [-0.3, -0.25) is 4.90 Å². The van der Waals surface area contributed by atoms with Gasteiger partial charge >= 0.3 is 6.09 Å². The van der Waals surface area contributed by atoms with Gasteiger partial charge in [-0.1, -0.05) is 23.7 Å². The normalized spacial score (nSPS) is 22.0. The molecule has 1 heterocycles. The Morgan fingerprint density at radius 2 is 2.04 bits per heavy atom. The number of aliphatic hydroxyl groups is 1. The summed E-state index contributed by atoms with van der Waals surface area (Å²) in [6.45, 7) is 6.08. The average molecular weight is 342 g/mol. The van der Waals surface area contributed by atoms with Crippen LogP contribution >= 0.6 is 11.6 Å². The lowest BCUT2D eigenvalue weighted by atomic mass is 10.0. The minimum Gasteiger partial charge on any atom is -0.444 e. The van der Waals surface area contributed by atoms with Crippen LogP contribution in [0.15, 0.2) is 24.3 Å². The molecule has 0 radical (unpaired) electrons. The maximum absolute atomic E-state index is 12.5. The zero-order valence-corrected chi connectivity index (χ0v) is 14.5. The Morgan fingerprint density at radius 3 is 2.61 bits per heavy atom. The van der Waals surface area contributed by atoms with Gasteiger partial charge in [-0.25, -0.2) is 4.79 Å². The molecule has 1 aliphatic heterocycles. The molecule has 0 bridgehead atoms. The molecular weight excluding hydrogens is 318 g/mol. The molecule has 1 aromatic carbocycles. The van der Waals surface area contributed by atoms with Crippen LogP contribution in [0.3, 0.4) is 0 Å². The lowest BCUT2D eigenvalue weighted by Gasteiger charge is -2.39. The second-order valence-corrected chi connectivity index (χ2v) is 7.19. The van der Waals surface area contributed by atoms with Gasteiger partial charge in [0.2, 0.25) is 0 Å². The standard InChI is InChI=1S/C17H24ClNO4/c1-17(2,3)23-16(21)19-9-15(10-20)22-11-14(19)8-12-4-6-13(18)7-5-12/h4-7,14-15,20H,8-11H2,1-3H3/t14-,15+/m0/s1. The van der Waals surface area contributed by atoms with Crippen LogP contribution in [0.5, 0.6) is 0 Å². The second-order valence-electron chi connectivity index (χ2n) is 6.76. The Bertz CT molecular complexity index is 526. The third-order valence-corrected chi connectivity index (χ3v) is 3.83. The number of aliphatic hydroxyl groups excluding tert-OH is 1. The van der Waals surface area contributed by atoms with E-state index >= 15 is 0 Å². The maximum Gasteiger partial charge on any atom is 0.410 e. The van der Waals surface area contributed by atoms with Crippen molar-refractivity contribution in [1.82, 2.24) is 4.90 Å². The number of carbonyl (C=O) groups excluding carboxylic acids is 1. The van der Waals surface area contributed by atoms with Crippen LogP contribution in [0.25, 0.3) is 0 Å². The van der Waals surface area contributed by atoms with Gasteiger partial charge in [-0.15, -0.1) is 0 Å². The molecule has 2 rings (SSSR count). The predicted molar refractivity (Wildman–Crippen MR) is 88.7 cm³/mol. The Balaban J connectivity index is 2.11. The summed E-state index contributed by atoms with van der Waals surface area (Å²) >= 11 is 5.91. The first kappa shape index (κ1) is 18.0. The Labute approximate surface area is 142 Å². The number of benzene rings is 1. The first-order valence-electron chi connectivity index (χ1n) is 7.75. The van der Waals surface area contributed by atoms with Gasteiger partial charge in [0, 0.05) is 5.02 Å². The van der Waals surface area contributed by atoms with E-state index in [2.05, 4.69) is 0 Å². The highest BCUT2D eigenvalue weighted by molar-refractivity contribution is 6.30. The summed E-state index contributed by atoms with van der Waals surface area (Å²) in [5.74, 6) is 0. The molecule has 0 aromatic heterocycles. The minimum atomic E-state index is -0.561. The molecule has 128 valence electrons. The van der Waals surface area contributed by atoms with E-state index in [9.17, 15) is 9.90 Å². The van der Waals surface area contributed by atoms with Crippen LogP contribution in [0.1, 0.15) is 26.3 Å². The van der Waals surface area contributed by atoms with Gasteiger partial charge in [0.25, 0.3) is 0 Å². The van der Waals surface area contributed by atoms with E-state index in [1.54, 1.807) is 4.90 Å². The van der Waals surface area contributed by atoms with Gasteiger partial charge in [-0.05, 0) is 44.9 Å². The molecule has 2 atom stereocenters. The first-order valence-corrected chi connectivity index (χ1v) is 8.13. The summed E-state index contributed by atoms with van der Waals surface area (Å²) < 4.78 is 11.1. The van der Waals surface area contributed by atoms with Crippen molar-refractivity contribution in [2.45, 2.75) is 44.9 Å². The number of carbonyl (C=O) groups is 1. The van der Waals surface area contributed by atoms with Crippen molar-refractivity contribution in [2.24, 2.45) is 0 Å². The van der Waals surface area contributed by atoms with Gasteiger partial charge in [0.05, 0.1) is 31.9 Å². The lowest BCUT2D eigenvalue weighted by molar-refractivity contribution is -0.0843. The number of morpholine rings is 1. The minimum absolute atomic E-state index is 0.118. The van der Waals surface area contributed by atoms with Crippen molar-refractivity contribution < 1.29 is 19.4 Å². The molecule has 1 fully saturated rings. The predicted octanol–water partition coefficient (Wildman–Crippen LogP) is 2.88. The quantitative estimate of drug-likeness (QED) is 0.918. The number of rotatable bonds is 3. The first-order chi connectivity index (χ1) is 10.8. The fourth-order valence-electron chi connectivity index (χ4n) is 2.47. The topological polar surface area (TPSA) is 59.0 Å². The molecule has 6 heteroatoms. The third kappa shape index (κ3) is 5.37. The van der Waals surface area contributed by atoms with Crippen LogP contribution in [-0.4, -0.2) is 53.6 Å². The van der Waals surface area contributed by atoms with E-state index in [0.717, 1.165) is 5.56 Å². The summed E-state index contributed by atoms with van der Waals surface area (Å²) in [7, 11) is 0. The molecule has 1 amide bonds. The fourth-order valence-corrected chi connectivity index (χ4v) is 2.60. The number of halogens is 1. The van der Waals surface area contributed by atoms with Gasteiger partial charge < -0.3 is 14.6 Å². The van der Waals surface area contributed by atoms with Crippen LogP contribution in [-0.2, 0) is 15.9 Å². The third-order valence-electron chi connectivity index (χ3n) is 3.58. The van der Waals surface area contributed by atoms with E-state index in [1.165, 1.54) is 0 Å². The molecule has 1 aromatic rings. The monoisotopic (exact) mass is 341 g/mol. The van der Waals surface area contributed by atoms with Gasteiger partial charge in [0.1, 0.15) is 5.60 Å². The smallest absolute Gasteiger partial charge is 0.410 e. The van der Waals surface area contributed by atoms with Crippen molar-refractivity contribution in [1.29, 1.82) is 0 Å². The van der Waals surface area contributed by atoms with Crippen molar-refractivity contribution in [3.05, 3.63) is 34.9 Å². The summed E-state index contributed by atoms with van der Waals surface area (Å²) in [6.07, 6.45) is -0.101. The Morgan fingerprint density at radius 1 is 1.39 bits per heavy atom. The average Bonchev–Trinajstić information content (AvgIpc) is 2.48. The number of hydrogen-bond donors (Lipinski definition) is 1. The zero-order chi connectivity index (χ0) is 17.0. The van der Waals surface area contributed by atoms with Crippen LogP contribution in [0.2, 0.25) is 5.02 Å². The summed E-state index contributed by atoms with van der Waals surface area (Å²) in [5, 5.41) is 9.99. The summed E-state index contributed by atoms with van der Waals surface area (Å²) in [4.78, 5) is 14.1. The van der Waals surface area contributed by atoms with E-state index in [-0.39, 0.29) is 24.8 Å². The Hall–Kier alpha value is -1.30.